The molecule has 1 saturated heterocycles. The van der Waals surface area contributed by atoms with E-state index in [0.29, 0.717) is 24.6 Å². The van der Waals surface area contributed by atoms with Crippen molar-refractivity contribution < 1.29 is 14.3 Å². The van der Waals surface area contributed by atoms with Crippen LogP contribution in [0.5, 0.6) is 0 Å². The van der Waals surface area contributed by atoms with Crippen molar-refractivity contribution in [3.8, 4) is 0 Å². The second kappa shape index (κ2) is 6.86. The topological polar surface area (TPSA) is 51.7 Å². The highest BCUT2D eigenvalue weighted by atomic mass is 35.5. The Labute approximate surface area is 143 Å². The minimum atomic E-state index is -0.456. The van der Waals surface area contributed by atoms with E-state index in [2.05, 4.69) is 28.9 Å². The van der Waals surface area contributed by atoms with Gasteiger partial charge < -0.3 is 14.4 Å². The summed E-state index contributed by atoms with van der Waals surface area (Å²) in [5.41, 5.74) is 2.37. The molecule has 0 spiro atoms. The number of aryl methyl sites for hydroxylation is 1. The SMILES string of the molecule is COC(=O)c1sc(N2CCOC(c3ccccc3C)C2)nc1Cl. The summed E-state index contributed by atoms with van der Waals surface area (Å²) < 4.78 is 10.6. The van der Waals surface area contributed by atoms with Crippen LogP contribution in [-0.4, -0.2) is 37.8 Å². The van der Waals surface area contributed by atoms with Crippen molar-refractivity contribution in [3.05, 3.63) is 45.4 Å². The number of nitrogens with zero attached hydrogens (tertiary/aromatic N) is 2. The van der Waals surface area contributed by atoms with Crippen LogP contribution in [0.1, 0.15) is 26.9 Å². The fourth-order valence-corrected chi connectivity index (χ4v) is 3.84. The minimum Gasteiger partial charge on any atom is -0.465 e. The Hall–Kier alpha value is -1.63. The number of ether oxygens (including phenoxy) is 2. The molecule has 0 N–H and O–H groups in total. The molecule has 2 aromatic rings. The second-order valence-electron chi connectivity index (χ2n) is 5.27. The maximum absolute atomic E-state index is 11.7. The summed E-state index contributed by atoms with van der Waals surface area (Å²) in [7, 11) is 1.33. The van der Waals surface area contributed by atoms with E-state index in [4.69, 9.17) is 21.1 Å². The highest BCUT2D eigenvalue weighted by Gasteiger charge is 2.27. The van der Waals surface area contributed by atoms with E-state index in [1.807, 2.05) is 12.1 Å². The fourth-order valence-electron chi connectivity index (χ4n) is 2.60. The van der Waals surface area contributed by atoms with Gasteiger partial charge in [-0.15, -0.1) is 0 Å². The Balaban J connectivity index is 1.82. The van der Waals surface area contributed by atoms with E-state index in [1.54, 1.807) is 0 Å². The Morgan fingerprint density at radius 1 is 1.48 bits per heavy atom. The molecule has 5 nitrogen and oxygen atoms in total. The van der Waals surface area contributed by atoms with Crippen LogP contribution in [0.25, 0.3) is 0 Å². The van der Waals surface area contributed by atoms with Gasteiger partial charge in [-0.2, -0.15) is 0 Å². The number of carbonyl (C=O) groups excluding carboxylic acids is 1. The Morgan fingerprint density at radius 3 is 3.00 bits per heavy atom. The molecule has 23 heavy (non-hydrogen) atoms. The van der Waals surface area contributed by atoms with E-state index >= 15 is 0 Å². The molecule has 122 valence electrons. The molecule has 1 fully saturated rings. The molecule has 1 aromatic carbocycles. The zero-order valence-corrected chi connectivity index (χ0v) is 14.5. The first kappa shape index (κ1) is 16.2. The normalized spacial score (nSPS) is 18.0. The standard InChI is InChI=1S/C16H17ClN2O3S/c1-10-5-3-4-6-11(10)12-9-19(7-8-22-12)16-18-14(17)13(23-16)15(20)21-2/h3-6,12H,7-9H2,1-2H3. The molecule has 0 radical (unpaired) electrons. The molecular formula is C16H17ClN2O3S. The molecule has 3 rings (SSSR count). The van der Waals surface area contributed by atoms with Crippen LogP contribution >= 0.6 is 22.9 Å². The van der Waals surface area contributed by atoms with Crippen LogP contribution in [0.3, 0.4) is 0 Å². The summed E-state index contributed by atoms with van der Waals surface area (Å²) in [5, 5.41) is 0.910. The first-order valence-electron chi connectivity index (χ1n) is 7.27. The van der Waals surface area contributed by atoms with Gasteiger partial charge in [-0.05, 0) is 18.1 Å². The fraction of sp³-hybridized carbons (Fsp3) is 0.375. The van der Waals surface area contributed by atoms with Crippen molar-refractivity contribution in [1.82, 2.24) is 4.98 Å². The number of anilines is 1. The summed E-state index contributed by atoms with van der Waals surface area (Å²) in [6, 6.07) is 8.19. The average Bonchev–Trinajstić information content (AvgIpc) is 2.96. The quantitative estimate of drug-likeness (QED) is 0.792. The van der Waals surface area contributed by atoms with Gasteiger partial charge in [0.1, 0.15) is 6.10 Å². The minimum absolute atomic E-state index is 0.0193. The summed E-state index contributed by atoms with van der Waals surface area (Å²) in [5.74, 6) is -0.456. The van der Waals surface area contributed by atoms with Gasteiger partial charge in [-0.25, -0.2) is 9.78 Å². The number of thiazole rings is 1. The van der Waals surface area contributed by atoms with Crippen molar-refractivity contribution in [1.29, 1.82) is 0 Å². The lowest BCUT2D eigenvalue weighted by Crippen LogP contribution is -2.38. The number of halogens is 1. The average molecular weight is 353 g/mol. The Kier molecular flexibility index (Phi) is 4.84. The predicted octanol–water partition coefficient (Wildman–Crippen LogP) is 3.47. The highest BCUT2D eigenvalue weighted by molar-refractivity contribution is 7.18. The van der Waals surface area contributed by atoms with Crippen LogP contribution in [-0.2, 0) is 9.47 Å². The Morgan fingerprint density at radius 2 is 2.26 bits per heavy atom. The maximum Gasteiger partial charge on any atom is 0.351 e. The van der Waals surface area contributed by atoms with E-state index in [1.165, 1.54) is 29.6 Å². The van der Waals surface area contributed by atoms with Gasteiger partial charge in [0.15, 0.2) is 15.2 Å². The maximum atomic E-state index is 11.7. The van der Waals surface area contributed by atoms with Crippen LogP contribution < -0.4 is 4.90 Å². The number of benzene rings is 1. The number of aromatic nitrogens is 1. The lowest BCUT2D eigenvalue weighted by Gasteiger charge is -2.33. The first-order valence-corrected chi connectivity index (χ1v) is 8.46. The Bertz CT molecular complexity index is 719. The van der Waals surface area contributed by atoms with Crippen molar-refractivity contribution in [2.45, 2.75) is 13.0 Å². The number of methoxy groups -OCH3 is 1. The zero-order chi connectivity index (χ0) is 16.4. The molecule has 1 atom stereocenters. The van der Waals surface area contributed by atoms with Gasteiger partial charge in [0, 0.05) is 6.54 Å². The molecule has 1 aromatic heterocycles. The van der Waals surface area contributed by atoms with Gasteiger partial charge >= 0.3 is 5.97 Å². The van der Waals surface area contributed by atoms with Crippen molar-refractivity contribution in [3.63, 3.8) is 0 Å². The molecule has 0 saturated carbocycles. The van der Waals surface area contributed by atoms with Gasteiger partial charge in [0.05, 0.1) is 20.3 Å². The third-order valence-corrected chi connectivity index (χ3v) is 5.30. The third-order valence-electron chi connectivity index (χ3n) is 3.82. The van der Waals surface area contributed by atoms with Crippen LogP contribution in [0.2, 0.25) is 5.15 Å². The molecule has 0 bridgehead atoms. The summed E-state index contributed by atoms with van der Waals surface area (Å²) >= 11 is 7.31. The van der Waals surface area contributed by atoms with Gasteiger partial charge in [-0.1, -0.05) is 47.2 Å². The highest BCUT2D eigenvalue weighted by Crippen LogP contribution is 2.33. The predicted molar refractivity (Wildman–Crippen MR) is 90.5 cm³/mol. The van der Waals surface area contributed by atoms with Crippen LogP contribution in [0.4, 0.5) is 5.13 Å². The van der Waals surface area contributed by atoms with Crippen molar-refractivity contribution in [2.24, 2.45) is 0 Å². The number of hydrogen-bond acceptors (Lipinski definition) is 6. The lowest BCUT2D eigenvalue weighted by atomic mass is 10.0. The summed E-state index contributed by atoms with van der Waals surface area (Å²) in [4.78, 5) is 18.4. The van der Waals surface area contributed by atoms with Gasteiger partial charge in [0.2, 0.25) is 0 Å². The van der Waals surface area contributed by atoms with E-state index < -0.39 is 5.97 Å². The zero-order valence-electron chi connectivity index (χ0n) is 12.9. The smallest absolute Gasteiger partial charge is 0.351 e. The molecule has 1 unspecified atom stereocenters. The number of morpholine rings is 1. The largest absolute Gasteiger partial charge is 0.465 e. The van der Waals surface area contributed by atoms with Gasteiger partial charge in [0.25, 0.3) is 0 Å². The molecular weight excluding hydrogens is 336 g/mol. The third kappa shape index (κ3) is 3.34. The van der Waals surface area contributed by atoms with E-state index in [-0.39, 0.29) is 11.3 Å². The molecule has 0 aliphatic carbocycles. The molecule has 2 heterocycles. The van der Waals surface area contributed by atoms with Crippen molar-refractivity contribution in [2.75, 3.05) is 31.7 Å². The molecule has 7 heteroatoms. The monoisotopic (exact) mass is 352 g/mol. The van der Waals surface area contributed by atoms with Crippen LogP contribution in [0, 0.1) is 6.92 Å². The molecule has 1 aliphatic heterocycles. The van der Waals surface area contributed by atoms with E-state index in [9.17, 15) is 4.79 Å². The number of hydrogen-bond donors (Lipinski definition) is 0. The number of carbonyl (C=O) groups is 1. The van der Waals surface area contributed by atoms with Crippen LogP contribution in [0.15, 0.2) is 24.3 Å². The molecule has 1 aliphatic rings. The first-order chi connectivity index (χ1) is 11.1. The van der Waals surface area contributed by atoms with Crippen molar-refractivity contribution >= 4 is 34.0 Å². The summed E-state index contributed by atoms with van der Waals surface area (Å²) in [6.07, 6.45) is -0.0193. The molecule has 0 amide bonds. The lowest BCUT2D eigenvalue weighted by molar-refractivity contribution is 0.0394. The second-order valence-corrected chi connectivity index (χ2v) is 6.61. The number of rotatable bonds is 3. The van der Waals surface area contributed by atoms with Gasteiger partial charge in [-0.3, -0.25) is 0 Å². The number of esters is 1. The van der Waals surface area contributed by atoms with E-state index in [0.717, 1.165) is 5.13 Å². The summed E-state index contributed by atoms with van der Waals surface area (Å²) in [6.45, 7) is 4.07.